The molecule has 8 bridgehead atoms. The Morgan fingerprint density at radius 2 is 1.12 bits per heavy atom. The van der Waals surface area contributed by atoms with Crippen LogP contribution in [0, 0.1) is 0 Å². The molecule has 2 aliphatic heterocycles. The molecule has 4 nitrogen and oxygen atoms in total. The van der Waals surface area contributed by atoms with Gasteiger partial charge in [-0.05, 0) is 84.5 Å². The van der Waals surface area contributed by atoms with Crippen molar-refractivity contribution in [2.45, 2.75) is 0 Å². The summed E-state index contributed by atoms with van der Waals surface area (Å²) < 4.78 is 0. The number of nitrogens with one attached hydrogen (secondary N) is 2. The third kappa shape index (κ3) is 4.06. The van der Waals surface area contributed by atoms with Crippen LogP contribution in [-0.4, -0.2) is 19.9 Å². The zero-order valence-corrected chi connectivity index (χ0v) is 18.7. The van der Waals surface area contributed by atoms with Gasteiger partial charge in [-0.2, -0.15) is 0 Å². The van der Waals surface area contributed by atoms with Crippen molar-refractivity contribution in [2.24, 2.45) is 0 Å². The summed E-state index contributed by atoms with van der Waals surface area (Å²) in [6.07, 6.45) is 6.15. The number of hydrogen-bond acceptors (Lipinski definition) is 2. The van der Waals surface area contributed by atoms with E-state index in [0.717, 1.165) is 61.0 Å². The number of rotatable bonds is 1. The third-order valence-electron chi connectivity index (χ3n) is 5.32. The average molecular weight is 476 g/mol. The molecule has 0 unspecified atom stereocenters. The summed E-state index contributed by atoms with van der Waals surface area (Å²) in [4.78, 5) is 16.5. The topological polar surface area (TPSA) is 57.4 Å². The predicted molar refractivity (Wildman–Crippen MR) is 128 cm³/mol. The number of aromatic nitrogens is 4. The minimum Gasteiger partial charge on any atom is -0.355 e. The Balaban J connectivity index is 0.00000216. The van der Waals surface area contributed by atoms with Crippen LogP contribution < -0.4 is 0 Å². The van der Waals surface area contributed by atoms with Crippen LogP contribution >= 0.6 is 11.6 Å². The largest absolute Gasteiger partial charge is 0.355 e. The van der Waals surface area contributed by atoms with Gasteiger partial charge in [0.15, 0.2) is 0 Å². The van der Waals surface area contributed by atoms with E-state index in [1.807, 2.05) is 48.6 Å². The first-order valence-electron chi connectivity index (χ1n) is 10.0. The molecule has 0 saturated carbocycles. The average Bonchev–Trinajstić information content (AvgIpc) is 3.54. The molecule has 0 fully saturated rings. The van der Waals surface area contributed by atoms with Gasteiger partial charge in [0, 0.05) is 49.7 Å². The number of H-pyrrole nitrogens is 2. The van der Waals surface area contributed by atoms with Gasteiger partial charge in [0.1, 0.15) is 0 Å². The molecule has 5 heterocycles. The van der Waals surface area contributed by atoms with Crippen LogP contribution in [0.2, 0.25) is 5.02 Å². The molecule has 0 amide bonds. The van der Waals surface area contributed by atoms with Crippen LogP contribution in [0.5, 0.6) is 0 Å². The van der Waals surface area contributed by atoms with E-state index in [-0.39, 0.29) is 17.1 Å². The Kier molecular flexibility index (Phi) is 5.31. The third-order valence-corrected chi connectivity index (χ3v) is 5.57. The van der Waals surface area contributed by atoms with E-state index in [1.165, 1.54) is 0 Å². The molecule has 6 rings (SSSR count). The van der Waals surface area contributed by atoms with Gasteiger partial charge in [-0.25, -0.2) is 9.97 Å². The predicted octanol–water partition coefficient (Wildman–Crippen LogP) is 6.73. The van der Waals surface area contributed by atoms with Crippen molar-refractivity contribution in [1.82, 2.24) is 19.9 Å². The number of benzene rings is 1. The molecule has 6 heteroatoms. The van der Waals surface area contributed by atoms with E-state index in [2.05, 4.69) is 57.4 Å². The molecular weight excluding hydrogens is 459 g/mol. The molecule has 3 aromatic heterocycles. The molecule has 0 aliphatic carbocycles. The molecule has 1 radical (unpaired) electrons. The van der Waals surface area contributed by atoms with Crippen molar-refractivity contribution < 1.29 is 17.1 Å². The normalized spacial score (nSPS) is 12.3. The minimum atomic E-state index is 0. The maximum Gasteiger partial charge on any atom is 0.0736 e. The maximum atomic E-state index is 6.10. The Morgan fingerprint density at radius 1 is 0.594 bits per heavy atom. The van der Waals surface area contributed by atoms with Crippen molar-refractivity contribution in [1.29, 1.82) is 0 Å². The monoisotopic (exact) mass is 475 g/mol. The summed E-state index contributed by atoms with van der Waals surface area (Å²) in [6, 6.07) is 24.3. The summed E-state index contributed by atoms with van der Waals surface area (Å²) in [5.41, 5.74) is 9.75. The van der Waals surface area contributed by atoms with E-state index >= 15 is 0 Å². The van der Waals surface area contributed by atoms with Crippen molar-refractivity contribution in [2.75, 3.05) is 0 Å². The summed E-state index contributed by atoms with van der Waals surface area (Å²) in [5.74, 6) is 0. The van der Waals surface area contributed by atoms with E-state index in [0.29, 0.717) is 0 Å². The Bertz CT molecular complexity index is 1540. The van der Waals surface area contributed by atoms with E-state index in [9.17, 15) is 0 Å². The second kappa shape index (κ2) is 8.29. The van der Waals surface area contributed by atoms with Crippen LogP contribution in [0.25, 0.3) is 45.9 Å². The van der Waals surface area contributed by atoms with Crippen molar-refractivity contribution >= 4 is 57.5 Å². The summed E-state index contributed by atoms with van der Waals surface area (Å²) >= 11 is 6.10. The fraction of sp³-hybridized carbons (Fsp3) is 0. The van der Waals surface area contributed by atoms with Crippen LogP contribution in [0.1, 0.15) is 28.3 Å². The first-order chi connectivity index (χ1) is 15.2. The number of fused-ring (bicyclic) bond motifs is 8. The molecule has 0 spiro atoms. The molecule has 32 heavy (non-hydrogen) atoms. The SMILES string of the molecule is Clc1ccc(C2=Cc3cc4ccc(cc5nc(cc6ccc(cc2n3)[nH]6)C=C5)[nH]4)cc1.[Mn]. The molecule has 4 aromatic rings. The quantitative estimate of drug-likeness (QED) is 0.259. The number of aromatic amines is 2. The number of hydrogen-bond donors (Lipinski definition) is 2. The summed E-state index contributed by atoms with van der Waals surface area (Å²) in [7, 11) is 0. The number of nitrogens with zero attached hydrogens (tertiary/aromatic N) is 2. The first-order valence-corrected chi connectivity index (χ1v) is 10.4. The van der Waals surface area contributed by atoms with Crippen molar-refractivity contribution in [3.8, 4) is 0 Å². The van der Waals surface area contributed by atoms with Gasteiger partial charge in [0.25, 0.3) is 0 Å². The van der Waals surface area contributed by atoms with E-state index in [1.54, 1.807) is 0 Å². The molecule has 1 aromatic carbocycles. The zero-order valence-electron chi connectivity index (χ0n) is 16.8. The van der Waals surface area contributed by atoms with Crippen molar-refractivity contribution in [3.05, 3.63) is 106 Å². The number of halogens is 1. The molecule has 0 saturated heterocycles. The zero-order chi connectivity index (χ0) is 20.8. The molecule has 2 aliphatic rings. The van der Waals surface area contributed by atoms with Crippen molar-refractivity contribution in [3.63, 3.8) is 0 Å². The summed E-state index contributed by atoms with van der Waals surface area (Å²) in [5, 5.41) is 0.718. The van der Waals surface area contributed by atoms with Gasteiger partial charge in [-0.1, -0.05) is 23.7 Å². The van der Waals surface area contributed by atoms with Crippen LogP contribution in [0.3, 0.4) is 0 Å². The smallest absolute Gasteiger partial charge is 0.0736 e. The van der Waals surface area contributed by atoms with Crippen LogP contribution in [0.4, 0.5) is 0 Å². The molecule has 0 atom stereocenters. The fourth-order valence-corrected chi connectivity index (χ4v) is 4.00. The van der Waals surface area contributed by atoms with Crippen LogP contribution in [-0.2, 0) is 17.1 Å². The Labute approximate surface area is 200 Å². The van der Waals surface area contributed by atoms with Gasteiger partial charge >= 0.3 is 0 Å². The minimum absolute atomic E-state index is 0. The second-order valence-corrected chi connectivity index (χ2v) is 8.03. The van der Waals surface area contributed by atoms with Gasteiger partial charge in [-0.3, -0.25) is 0 Å². The second-order valence-electron chi connectivity index (χ2n) is 7.60. The van der Waals surface area contributed by atoms with E-state index in [4.69, 9.17) is 16.6 Å². The van der Waals surface area contributed by atoms with Gasteiger partial charge in [0.2, 0.25) is 0 Å². The Morgan fingerprint density at radius 3 is 1.72 bits per heavy atom. The first kappa shape index (κ1) is 20.5. The molecule has 155 valence electrons. The molecular formula is C26H17ClMnN4. The maximum absolute atomic E-state index is 6.10. The van der Waals surface area contributed by atoms with Gasteiger partial charge in [-0.15, -0.1) is 0 Å². The van der Waals surface area contributed by atoms with Gasteiger partial charge in [0.05, 0.1) is 22.8 Å². The fourth-order valence-electron chi connectivity index (χ4n) is 3.87. The van der Waals surface area contributed by atoms with E-state index < -0.39 is 0 Å². The van der Waals surface area contributed by atoms with Crippen LogP contribution in [0.15, 0.2) is 72.8 Å². The standard InChI is InChI=1S/C26H17ClN4.Mn/c27-17-3-1-16(2-4-17)25-14-24-13-22-8-7-20(29-22)11-18-5-6-19(28-18)12-21-9-10-23(30-21)15-26(25)31-24;/h1-15,29-30H;. The Hall–Kier alpha value is -3.37. The summed E-state index contributed by atoms with van der Waals surface area (Å²) in [6.45, 7) is 0. The molecule has 2 N–H and O–H groups in total. The van der Waals surface area contributed by atoms with Gasteiger partial charge < -0.3 is 9.97 Å².